The molecule has 12 nitrogen and oxygen atoms in total. The number of ether oxygens (including phenoxy) is 4. The van der Waals surface area contributed by atoms with Gasteiger partial charge < -0.3 is 59.8 Å². The van der Waals surface area contributed by atoms with E-state index in [-0.39, 0.29) is 23.0 Å². The molecule has 0 bridgehead atoms. The van der Waals surface area contributed by atoms with Crippen LogP contribution in [0.25, 0.3) is 0 Å². The van der Waals surface area contributed by atoms with Crippen molar-refractivity contribution in [1.82, 2.24) is 0 Å². The molecular formula is C36H62O12. The molecule has 2 saturated heterocycles. The third kappa shape index (κ3) is 6.21. The highest BCUT2D eigenvalue weighted by atomic mass is 16.7. The first kappa shape index (κ1) is 37.3. The Hall–Kier alpha value is -0.480. The lowest BCUT2D eigenvalue weighted by atomic mass is 9.43. The molecule has 12 heteroatoms. The van der Waals surface area contributed by atoms with E-state index in [0.717, 1.165) is 64.2 Å². The summed E-state index contributed by atoms with van der Waals surface area (Å²) in [7, 11) is 0. The SMILES string of the molecule is CCC[C@@H](C)[C@H]1CC[C@H]2C3CC[C@@H]4C[C@H](O[C@@H]5OC(CO)[C@@H](O)C(O)[C@@H]5O)CC[C@]4(C)[C@H]3C[C@H](O[C@@H]3OC(CO)[C@@H](O)C(O)[C@@H]3O)[C@]12C. The van der Waals surface area contributed by atoms with Gasteiger partial charge >= 0.3 is 0 Å². The van der Waals surface area contributed by atoms with E-state index >= 15 is 0 Å². The van der Waals surface area contributed by atoms with Crippen LogP contribution in [0.4, 0.5) is 0 Å². The minimum Gasteiger partial charge on any atom is -0.394 e. The van der Waals surface area contributed by atoms with Crippen molar-refractivity contribution in [2.45, 2.75) is 166 Å². The van der Waals surface area contributed by atoms with Crippen molar-refractivity contribution in [1.29, 1.82) is 0 Å². The Balaban J connectivity index is 1.23. The summed E-state index contributed by atoms with van der Waals surface area (Å²) in [6, 6.07) is 0. The van der Waals surface area contributed by atoms with Crippen molar-refractivity contribution in [3.63, 3.8) is 0 Å². The number of hydrogen-bond acceptors (Lipinski definition) is 12. The second kappa shape index (κ2) is 14.5. The van der Waals surface area contributed by atoms with Crippen molar-refractivity contribution in [2.75, 3.05) is 13.2 Å². The van der Waals surface area contributed by atoms with Crippen LogP contribution in [-0.2, 0) is 18.9 Å². The van der Waals surface area contributed by atoms with E-state index in [1.807, 2.05) is 0 Å². The highest BCUT2D eigenvalue weighted by molar-refractivity contribution is 5.13. The monoisotopic (exact) mass is 686 g/mol. The second-order valence-corrected chi connectivity index (χ2v) is 16.8. The van der Waals surface area contributed by atoms with Gasteiger partial charge in [-0.3, -0.25) is 0 Å². The smallest absolute Gasteiger partial charge is 0.186 e. The molecule has 4 saturated carbocycles. The van der Waals surface area contributed by atoms with Crippen molar-refractivity contribution < 1.29 is 59.8 Å². The van der Waals surface area contributed by atoms with Crippen LogP contribution in [0, 0.1) is 46.3 Å². The van der Waals surface area contributed by atoms with Crippen LogP contribution in [0.3, 0.4) is 0 Å². The fourth-order valence-corrected chi connectivity index (χ4v) is 11.8. The van der Waals surface area contributed by atoms with Crippen LogP contribution in [0.2, 0.25) is 0 Å². The van der Waals surface area contributed by atoms with E-state index in [1.165, 1.54) is 0 Å². The predicted molar refractivity (Wildman–Crippen MR) is 172 cm³/mol. The normalized spacial score (nSPS) is 54.6. The quantitative estimate of drug-likeness (QED) is 0.161. The maximum Gasteiger partial charge on any atom is 0.186 e. The lowest BCUT2D eigenvalue weighted by Gasteiger charge is -2.63. The zero-order chi connectivity index (χ0) is 34.7. The Morgan fingerprint density at radius 3 is 1.90 bits per heavy atom. The maximum atomic E-state index is 11.0. The van der Waals surface area contributed by atoms with Gasteiger partial charge in [0.05, 0.1) is 25.4 Å². The summed E-state index contributed by atoms with van der Waals surface area (Å²) >= 11 is 0. The topological polar surface area (TPSA) is 199 Å². The van der Waals surface area contributed by atoms with Crippen molar-refractivity contribution in [3.05, 3.63) is 0 Å². The minimum absolute atomic E-state index is 0.0103. The van der Waals surface area contributed by atoms with Crippen LogP contribution >= 0.6 is 0 Å². The first-order valence-corrected chi connectivity index (χ1v) is 18.7. The Kier molecular flexibility index (Phi) is 11.3. The fourth-order valence-electron chi connectivity index (χ4n) is 11.8. The van der Waals surface area contributed by atoms with Gasteiger partial charge in [-0.2, -0.15) is 0 Å². The Bertz CT molecular complexity index is 1080. The number of aliphatic hydroxyl groups is 8. The lowest BCUT2D eigenvalue weighted by molar-refractivity contribution is -0.333. The summed E-state index contributed by atoms with van der Waals surface area (Å²) in [6.07, 6.45) is -3.68. The molecule has 6 fully saturated rings. The first-order valence-electron chi connectivity index (χ1n) is 18.7. The van der Waals surface area contributed by atoms with Gasteiger partial charge in [-0.15, -0.1) is 0 Å². The Labute approximate surface area is 284 Å². The average Bonchev–Trinajstić information content (AvgIpc) is 3.44. The standard InChI is InChI=1S/C36H62O12/c1-5-6-17(2)21-9-10-22-20-8-7-18-13-19(45-33-31(43)29(41)27(39)24(15-37)46-33)11-12-35(18,3)23(20)14-26(36(21,22)4)48-34-32(44)30(42)28(40)25(16-38)47-34/h17-34,37-44H,5-16H2,1-4H3/t17-,18-,19-,20?,21-,22+,23+,24?,25?,26+,27-,28-,29?,30?,31+,32+,33-,34+,35+,36-/m1/s1. The van der Waals surface area contributed by atoms with E-state index in [9.17, 15) is 40.9 Å². The van der Waals surface area contributed by atoms with Gasteiger partial charge in [0.25, 0.3) is 0 Å². The average molecular weight is 687 g/mol. The summed E-state index contributed by atoms with van der Waals surface area (Å²) < 4.78 is 24.7. The van der Waals surface area contributed by atoms with E-state index in [0.29, 0.717) is 35.5 Å². The molecule has 5 unspecified atom stereocenters. The molecule has 0 aromatic heterocycles. The minimum atomic E-state index is -1.49. The van der Waals surface area contributed by atoms with Gasteiger partial charge in [0.1, 0.15) is 48.8 Å². The maximum absolute atomic E-state index is 11.0. The zero-order valence-corrected chi connectivity index (χ0v) is 29.1. The molecule has 0 aromatic rings. The van der Waals surface area contributed by atoms with Gasteiger partial charge in [0, 0.05) is 5.41 Å². The largest absolute Gasteiger partial charge is 0.394 e. The number of aliphatic hydroxyl groups excluding tert-OH is 8. The van der Waals surface area contributed by atoms with Crippen molar-refractivity contribution in [2.24, 2.45) is 46.3 Å². The fraction of sp³-hybridized carbons (Fsp3) is 1.00. The second-order valence-electron chi connectivity index (χ2n) is 16.8. The first-order chi connectivity index (χ1) is 22.8. The molecule has 0 spiro atoms. The van der Waals surface area contributed by atoms with Gasteiger partial charge in [-0.05, 0) is 92.3 Å². The lowest BCUT2D eigenvalue weighted by Crippen LogP contribution is -2.63. The van der Waals surface area contributed by atoms with E-state index in [4.69, 9.17) is 18.9 Å². The highest BCUT2D eigenvalue weighted by Crippen LogP contribution is 2.69. The molecule has 48 heavy (non-hydrogen) atoms. The molecule has 6 aliphatic rings. The van der Waals surface area contributed by atoms with Crippen LogP contribution in [0.5, 0.6) is 0 Å². The molecule has 6 rings (SSSR count). The third-order valence-electron chi connectivity index (χ3n) is 14.5. The molecule has 278 valence electrons. The number of rotatable bonds is 9. The predicted octanol–water partition coefficient (Wildman–Crippen LogP) is 1.06. The van der Waals surface area contributed by atoms with Crippen LogP contribution in [-0.4, -0.2) is 128 Å². The van der Waals surface area contributed by atoms with Gasteiger partial charge in [-0.25, -0.2) is 0 Å². The molecule has 8 N–H and O–H groups in total. The summed E-state index contributed by atoms with van der Waals surface area (Å²) in [5, 5.41) is 82.7. The Morgan fingerprint density at radius 1 is 0.708 bits per heavy atom. The summed E-state index contributed by atoms with van der Waals surface area (Å²) in [5.41, 5.74) is -0.176. The van der Waals surface area contributed by atoms with Crippen LogP contribution in [0.1, 0.15) is 91.9 Å². The van der Waals surface area contributed by atoms with Crippen molar-refractivity contribution >= 4 is 0 Å². The molecule has 2 aliphatic heterocycles. The molecular weight excluding hydrogens is 624 g/mol. The van der Waals surface area contributed by atoms with E-state index in [2.05, 4.69) is 27.7 Å². The molecule has 0 radical (unpaired) electrons. The van der Waals surface area contributed by atoms with Gasteiger partial charge in [0.15, 0.2) is 12.6 Å². The van der Waals surface area contributed by atoms with Gasteiger partial charge in [0.2, 0.25) is 0 Å². The van der Waals surface area contributed by atoms with Gasteiger partial charge in [-0.1, -0.05) is 40.5 Å². The summed E-state index contributed by atoms with van der Waals surface area (Å²) in [6.45, 7) is 8.37. The number of hydrogen-bond donors (Lipinski definition) is 8. The molecule has 0 amide bonds. The number of fused-ring (bicyclic) bond motifs is 5. The molecule has 2 heterocycles. The van der Waals surface area contributed by atoms with Crippen LogP contribution in [0.15, 0.2) is 0 Å². The third-order valence-corrected chi connectivity index (χ3v) is 14.5. The Morgan fingerprint density at radius 2 is 1.31 bits per heavy atom. The summed E-state index contributed by atoms with van der Waals surface area (Å²) in [4.78, 5) is 0. The molecule has 20 atom stereocenters. The zero-order valence-electron chi connectivity index (χ0n) is 29.1. The van der Waals surface area contributed by atoms with Crippen molar-refractivity contribution in [3.8, 4) is 0 Å². The molecule has 0 aromatic carbocycles. The summed E-state index contributed by atoms with van der Waals surface area (Å²) in [5.74, 6) is 2.58. The molecule has 4 aliphatic carbocycles. The van der Waals surface area contributed by atoms with E-state index < -0.39 is 74.6 Å². The highest BCUT2D eigenvalue weighted by Gasteiger charge is 2.65. The van der Waals surface area contributed by atoms with Crippen LogP contribution < -0.4 is 0 Å². The van der Waals surface area contributed by atoms with E-state index in [1.54, 1.807) is 0 Å².